The first-order chi connectivity index (χ1) is 11.8. The summed E-state index contributed by atoms with van der Waals surface area (Å²) < 4.78 is 11.3. The lowest BCUT2D eigenvalue weighted by Gasteiger charge is -2.30. The first-order valence-electron chi connectivity index (χ1n) is 9.49. The van der Waals surface area contributed by atoms with Gasteiger partial charge in [-0.3, -0.25) is 4.90 Å². The van der Waals surface area contributed by atoms with Crippen LogP contribution in [0.5, 0.6) is 11.5 Å². The second kappa shape index (κ2) is 12.4. The predicted molar refractivity (Wildman–Crippen MR) is 107 cm³/mol. The van der Waals surface area contributed by atoms with Gasteiger partial charge in [0.15, 0.2) is 11.5 Å². The van der Waals surface area contributed by atoms with Crippen LogP contribution in [-0.2, 0) is 6.54 Å². The Morgan fingerprint density at radius 3 is 2.52 bits per heavy atom. The second-order valence-electron chi connectivity index (χ2n) is 6.76. The van der Waals surface area contributed by atoms with Crippen molar-refractivity contribution in [2.75, 3.05) is 39.9 Å². The minimum absolute atomic E-state index is 0. The number of methoxy groups -OCH3 is 1. The monoisotopic (exact) mass is 370 g/mol. The fourth-order valence-electron chi connectivity index (χ4n) is 3.38. The predicted octanol–water partition coefficient (Wildman–Crippen LogP) is 4.12. The summed E-state index contributed by atoms with van der Waals surface area (Å²) >= 11 is 0. The standard InChI is InChI=1S/C20H34N2O2.ClH/c1-4-12-22(15-17-8-10-21-11-9-17)16-18-6-7-19(24-13-5-2)20(14-18)23-3;/h6-7,14,17,21H,4-5,8-13,15-16H2,1-3H3;1H. The Hall–Kier alpha value is -0.970. The van der Waals surface area contributed by atoms with Crippen molar-refractivity contribution in [1.29, 1.82) is 0 Å². The molecule has 1 heterocycles. The zero-order valence-corrected chi connectivity index (χ0v) is 16.9. The summed E-state index contributed by atoms with van der Waals surface area (Å²) in [7, 11) is 1.72. The minimum atomic E-state index is 0. The minimum Gasteiger partial charge on any atom is -0.493 e. The third-order valence-electron chi connectivity index (χ3n) is 4.61. The fourth-order valence-corrected chi connectivity index (χ4v) is 3.38. The van der Waals surface area contributed by atoms with Crippen molar-refractivity contribution in [3.63, 3.8) is 0 Å². The van der Waals surface area contributed by atoms with Gasteiger partial charge in [-0.2, -0.15) is 0 Å². The van der Waals surface area contributed by atoms with E-state index in [-0.39, 0.29) is 12.4 Å². The van der Waals surface area contributed by atoms with Crippen molar-refractivity contribution in [2.45, 2.75) is 46.1 Å². The molecule has 0 radical (unpaired) electrons. The van der Waals surface area contributed by atoms with Gasteiger partial charge in [0, 0.05) is 13.1 Å². The van der Waals surface area contributed by atoms with E-state index in [4.69, 9.17) is 9.47 Å². The van der Waals surface area contributed by atoms with Crippen LogP contribution in [0.1, 0.15) is 45.1 Å². The first-order valence-corrected chi connectivity index (χ1v) is 9.49. The van der Waals surface area contributed by atoms with Gasteiger partial charge in [0.25, 0.3) is 0 Å². The summed E-state index contributed by atoms with van der Waals surface area (Å²) in [6.45, 7) is 10.8. The van der Waals surface area contributed by atoms with Gasteiger partial charge in [-0.25, -0.2) is 0 Å². The zero-order valence-electron chi connectivity index (χ0n) is 16.1. The highest BCUT2D eigenvalue weighted by Crippen LogP contribution is 2.29. The number of halogens is 1. The molecule has 0 amide bonds. The third-order valence-corrected chi connectivity index (χ3v) is 4.61. The number of rotatable bonds is 10. The van der Waals surface area contributed by atoms with E-state index >= 15 is 0 Å². The maximum absolute atomic E-state index is 5.76. The van der Waals surface area contributed by atoms with Crippen LogP contribution in [0.25, 0.3) is 0 Å². The lowest BCUT2D eigenvalue weighted by Crippen LogP contribution is -2.36. The van der Waals surface area contributed by atoms with Crippen LogP contribution in [0.2, 0.25) is 0 Å². The Bertz CT molecular complexity index is 479. The summed E-state index contributed by atoms with van der Waals surface area (Å²) in [5.74, 6) is 2.52. The molecule has 0 unspecified atom stereocenters. The average molecular weight is 371 g/mol. The van der Waals surface area contributed by atoms with Gasteiger partial charge in [0.1, 0.15) is 0 Å². The molecule has 0 saturated carbocycles. The molecule has 0 aromatic heterocycles. The number of hydrogen-bond donors (Lipinski definition) is 1. The molecular formula is C20H35ClN2O2. The van der Waals surface area contributed by atoms with Crippen molar-refractivity contribution >= 4 is 12.4 Å². The lowest BCUT2D eigenvalue weighted by atomic mass is 9.97. The smallest absolute Gasteiger partial charge is 0.161 e. The van der Waals surface area contributed by atoms with E-state index in [9.17, 15) is 0 Å². The Balaban J connectivity index is 0.00000312. The normalized spacial score (nSPS) is 15.0. The molecule has 1 aliphatic rings. The summed E-state index contributed by atoms with van der Waals surface area (Å²) in [5, 5.41) is 3.46. The summed E-state index contributed by atoms with van der Waals surface area (Å²) in [6, 6.07) is 6.37. The molecule has 0 atom stereocenters. The van der Waals surface area contributed by atoms with Crippen LogP contribution >= 0.6 is 12.4 Å². The molecule has 0 aliphatic carbocycles. The van der Waals surface area contributed by atoms with Crippen LogP contribution in [0.3, 0.4) is 0 Å². The molecule has 0 spiro atoms. The number of ether oxygens (including phenoxy) is 2. The van der Waals surface area contributed by atoms with Gasteiger partial charge >= 0.3 is 0 Å². The van der Waals surface area contributed by atoms with Crippen molar-refractivity contribution in [3.05, 3.63) is 23.8 Å². The largest absolute Gasteiger partial charge is 0.493 e. The molecular weight excluding hydrogens is 336 g/mol. The van der Waals surface area contributed by atoms with Gasteiger partial charge in [-0.15, -0.1) is 12.4 Å². The van der Waals surface area contributed by atoms with E-state index in [0.717, 1.165) is 43.5 Å². The van der Waals surface area contributed by atoms with Crippen molar-refractivity contribution in [3.8, 4) is 11.5 Å². The van der Waals surface area contributed by atoms with Crippen LogP contribution in [0.15, 0.2) is 18.2 Å². The van der Waals surface area contributed by atoms with E-state index < -0.39 is 0 Å². The van der Waals surface area contributed by atoms with Gasteiger partial charge in [0.2, 0.25) is 0 Å². The quantitative estimate of drug-likeness (QED) is 0.671. The molecule has 1 fully saturated rings. The Labute approximate surface area is 159 Å². The SMILES string of the molecule is CCCOc1ccc(CN(CCC)CC2CCNCC2)cc1OC.Cl. The molecule has 4 nitrogen and oxygen atoms in total. The van der Waals surface area contributed by atoms with Crippen LogP contribution in [0, 0.1) is 5.92 Å². The molecule has 1 aliphatic heterocycles. The lowest BCUT2D eigenvalue weighted by molar-refractivity contribution is 0.198. The third kappa shape index (κ3) is 7.43. The van der Waals surface area contributed by atoms with Gasteiger partial charge in [-0.1, -0.05) is 19.9 Å². The van der Waals surface area contributed by atoms with Crippen molar-refractivity contribution in [2.24, 2.45) is 5.92 Å². The van der Waals surface area contributed by atoms with Crippen molar-refractivity contribution < 1.29 is 9.47 Å². The Morgan fingerprint density at radius 1 is 1.12 bits per heavy atom. The highest BCUT2D eigenvalue weighted by molar-refractivity contribution is 5.85. The van der Waals surface area contributed by atoms with Gasteiger partial charge < -0.3 is 14.8 Å². The average Bonchev–Trinajstić information content (AvgIpc) is 2.61. The van der Waals surface area contributed by atoms with Crippen LogP contribution in [0.4, 0.5) is 0 Å². The number of hydrogen-bond acceptors (Lipinski definition) is 4. The molecule has 0 bridgehead atoms. The van der Waals surface area contributed by atoms with Gasteiger partial charge in [-0.05, 0) is 68.9 Å². The zero-order chi connectivity index (χ0) is 17.2. The molecule has 25 heavy (non-hydrogen) atoms. The second-order valence-corrected chi connectivity index (χ2v) is 6.76. The highest BCUT2D eigenvalue weighted by atomic mass is 35.5. The summed E-state index contributed by atoms with van der Waals surface area (Å²) in [5.41, 5.74) is 1.30. The van der Waals surface area contributed by atoms with E-state index in [2.05, 4.69) is 42.3 Å². The van der Waals surface area contributed by atoms with E-state index in [1.807, 2.05) is 0 Å². The number of nitrogens with zero attached hydrogens (tertiary/aromatic N) is 1. The molecule has 1 N–H and O–H groups in total. The van der Waals surface area contributed by atoms with Crippen molar-refractivity contribution in [1.82, 2.24) is 10.2 Å². The van der Waals surface area contributed by atoms with Crippen LogP contribution < -0.4 is 14.8 Å². The Kier molecular flexibility index (Phi) is 10.9. The summed E-state index contributed by atoms with van der Waals surface area (Å²) in [6.07, 6.45) is 4.80. The number of nitrogens with one attached hydrogen (secondary N) is 1. The molecule has 144 valence electrons. The molecule has 1 aromatic rings. The number of benzene rings is 1. The van der Waals surface area contributed by atoms with E-state index in [1.54, 1.807) is 7.11 Å². The van der Waals surface area contributed by atoms with Crippen LogP contribution in [-0.4, -0.2) is 44.8 Å². The maximum atomic E-state index is 5.76. The number of piperidine rings is 1. The first kappa shape index (κ1) is 22.1. The van der Waals surface area contributed by atoms with E-state index in [1.165, 1.54) is 44.5 Å². The molecule has 5 heteroatoms. The molecule has 1 saturated heterocycles. The molecule has 2 rings (SSSR count). The topological polar surface area (TPSA) is 33.7 Å². The highest BCUT2D eigenvalue weighted by Gasteiger charge is 2.17. The fraction of sp³-hybridized carbons (Fsp3) is 0.700. The van der Waals surface area contributed by atoms with E-state index in [0.29, 0.717) is 0 Å². The molecule has 1 aromatic carbocycles. The maximum Gasteiger partial charge on any atom is 0.161 e. The van der Waals surface area contributed by atoms with Gasteiger partial charge in [0.05, 0.1) is 13.7 Å². The Morgan fingerprint density at radius 2 is 1.88 bits per heavy atom. The summed E-state index contributed by atoms with van der Waals surface area (Å²) in [4.78, 5) is 2.59.